The zero-order chi connectivity index (χ0) is 16.6. The molecule has 2 fully saturated rings. The van der Waals surface area contributed by atoms with Gasteiger partial charge in [0.05, 0.1) is 5.02 Å². The number of rotatable bonds is 3. The van der Waals surface area contributed by atoms with E-state index in [-0.39, 0.29) is 16.8 Å². The first-order valence-corrected chi connectivity index (χ1v) is 8.05. The number of hydrogen-bond donors (Lipinski definition) is 1. The molecular weight excluding hydrogens is 321 g/mol. The van der Waals surface area contributed by atoms with Crippen molar-refractivity contribution in [2.24, 2.45) is 5.41 Å². The standard InChI is InChI=1S/C16H19ClFN3O2/c1-20-6-8-21(9-7-20)15(23)16(4-5-16)14(22)19-11-2-3-13(18)12(17)10-11/h2-3,10H,4-9H2,1H3,(H,19,22). The second-order valence-corrected chi connectivity index (χ2v) is 6.67. The Morgan fingerprint density at radius 2 is 1.87 bits per heavy atom. The number of anilines is 1. The smallest absolute Gasteiger partial charge is 0.240 e. The van der Waals surface area contributed by atoms with Crippen LogP contribution in [0.2, 0.25) is 5.02 Å². The summed E-state index contributed by atoms with van der Waals surface area (Å²) in [4.78, 5) is 29.2. The van der Waals surface area contributed by atoms with E-state index in [2.05, 4.69) is 10.2 Å². The maximum absolute atomic E-state index is 13.2. The van der Waals surface area contributed by atoms with Crippen molar-refractivity contribution in [3.8, 4) is 0 Å². The molecule has 2 aliphatic rings. The molecule has 1 N–H and O–H groups in total. The quantitative estimate of drug-likeness (QED) is 0.857. The Morgan fingerprint density at radius 1 is 1.22 bits per heavy atom. The first-order valence-electron chi connectivity index (χ1n) is 7.67. The maximum atomic E-state index is 13.2. The number of piperazine rings is 1. The van der Waals surface area contributed by atoms with Crippen molar-refractivity contribution in [2.45, 2.75) is 12.8 Å². The summed E-state index contributed by atoms with van der Waals surface area (Å²) in [6.45, 7) is 2.92. The third kappa shape index (κ3) is 3.19. The van der Waals surface area contributed by atoms with Crippen LogP contribution in [-0.2, 0) is 9.59 Å². The van der Waals surface area contributed by atoms with E-state index in [1.165, 1.54) is 18.2 Å². The Balaban J connectivity index is 1.68. The fourth-order valence-electron chi connectivity index (χ4n) is 2.80. The SMILES string of the molecule is CN1CCN(C(=O)C2(C(=O)Nc3ccc(F)c(Cl)c3)CC2)CC1. The Hall–Kier alpha value is -1.66. The highest BCUT2D eigenvalue weighted by Crippen LogP contribution is 2.48. The van der Waals surface area contributed by atoms with Crippen LogP contribution in [0.3, 0.4) is 0 Å². The molecule has 0 radical (unpaired) electrons. The van der Waals surface area contributed by atoms with Gasteiger partial charge in [-0.15, -0.1) is 0 Å². The fraction of sp³-hybridized carbons (Fsp3) is 0.500. The van der Waals surface area contributed by atoms with Crippen molar-refractivity contribution in [1.29, 1.82) is 0 Å². The van der Waals surface area contributed by atoms with Crippen LogP contribution in [0.1, 0.15) is 12.8 Å². The van der Waals surface area contributed by atoms with Crippen LogP contribution in [0.4, 0.5) is 10.1 Å². The molecule has 2 amide bonds. The van der Waals surface area contributed by atoms with Gasteiger partial charge in [0.15, 0.2) is 0 Å². The maximum Gasteiger partial charge on any atom is 0.240 e. The molecule has 1 aliphatic carbocycles. The molecule has 1 aromatic rings. The Bertz CT molecular complexity index is 640. The monoisotopic (exact) mass is 339 g/mol. The zero-order valence-electron chi connectivity index (χ0n) is 12.9. The average molecular weight is 340 g/mol. The Labute approximate surface area is 139 Å². The molecule has 3 rings (SSSR count). The lowest BCUT2D eigenvalue weighted by atomic mass is 10.0. The molecule has 0 unspecified atom stereocenters. The number of carbonyl (C=O) groups is 2. The summed E-state index contributed by atoms with van der Waals surface area (Å²) in [5.74, 6) is -0.972. The van der Waals surface area contributed by atoms with E-state index in [1.54, 1.807) is 4.90 Å². The van der Waals surface area contributed by atoms with Crippen LogP contribution in [0.15, 0.2) is 18.2 Å². The van der Waals surface area contributed by atoms with E-state index < -0.39 is 11.2 Å². The summed E-state index contributed by atoms with van der Waals surface area (Å²) in [5.41, 5.74) is -0.560. The molecule has 0 spiro atoms. The van der Waals surface area contributed by atoms with Crippen molar-refractivity contribution in [2.75, 3.05) is 38.5 Å². The van der Waals surface area contributed by atoms with Gasteiger partial charge >= 0.3 is 0 Å². The van der Waals surface area contributed by atoms with Crippen molar-refractivity contribution in [3.63, 3.8) is 0 Å². The number of halogens is 2. The number of benzene rings is 1. The first kappa shape index (κ1) is 16.2. The molecule has 1 heterocycles. The van der Waals surface area contributed by atoms with Crippen LogP contribution in [-0.4, -0.2) is 54.8 Å². The minimum Gasteiger partial charge on any atom is -0.339 e. The molecule has 124 valence electrons. The molecule has 1 aromatic carbocycles. The molecule has 0 atom stereocenters. The minimum absolute atomic E-state index is 0.0574. The van der Waals surface area contributed by atoms with Crippen LogP contribution in [0.5, 0.6) is 0 Å². The minimum atomic E-state index is -0.962. The molecule has 1 saturated heterocycles. The van der Waals surface area contributed by atoms with Crippen molar-refractivity contribution in [3.05, 3.63) is 29.0 Å². The van der Waals surface area contributed by atoms with Gasteiger partial charge in [0, 0.05) is 31.9 Å². The van der Waals surface area contributed by atoms with Crippen LogP contribution in [0, 0.1) is 11.2 Å². The number of amides is 2. The number of nitrogens with zero attached hydrogens (tertiary/aromatic N) is 2. The van der Waals surface area contributed by atoms with Gasteiger partial charge < -0.3 is 15.1 Å². The van der Waals surface area contributed by atoms with Gasteiger partial charge in [0.2, 0.25) is 11.8 Å². The summed E-state index contributed by atoms with van der Waals surface area (Å²) in [6.07, 6.45) is 1.11. The predicted molar refractivity (Wildman–Crippen MR) is 85.8 cm³/mol. The average Bonchev–Trinajstić information content (AvgIpc) is 3.33. The van der Waals surface area contributed by atoms with Crippen LogP contribution < -0.4 is 5.32 Å². The van der Waals surface area contributed by atoms with Crippen molar-refractivity contribution >= 4 is 29.1 Å². The topological polar surface area (TPSA) is 52.7 Å². The van der Waals surface area contributed by atoms with Crippen molar-refractivity contribution in [1.82, 2.24) is 9.80 Å². The van der Waals surface area contributed by atoms with Gasteiger partial charge in [-0.2, -0.15) is 0 Å². The second-order valence-electron chi connectivity index (χ2n) is 6.26. The molecule has 5 nitrogen and oxygen atoms in total. The van der Waals surface area contributed by atoms with Crippen LogP contribution >= 0.6 is 11.6 Å². The third-order valence-corrected chi connectivity index (χ3v) is 4.85. The van der Waals surface area contributed by atoms with Gasteiger partial charge in [-0.1, -0.05) is 11.6 Å². The van der Waals surface area contributed by atoms with E-state index in [9.17, 15) is 14.0 Å². The normalized spacial score (nSPS) is 20.2. The fourth-order valence-corrected chi connectivity index (χ4v) is 2.98. The Kier molecular flexibility index (Phi) is 4.29. The molecule has 7 heteroatoms. The molecule has 1 saturated carbocycles. The Morgan fingerprint density at radius 3 is 2.43 bits per heavy atom. The first-order chi connectivity index (χ1) is 10.9. The molecule has 0 aromatic heterocycles. The highest BCUT2D eigenvalue weighted by atomic mass is 35.5. The van der Waals surface area contributed by atoms with Gasteiger partial charge in [-0.25, -0.2) is 4.39 Å². The molecule has 23 heavy (non-hydrogen) atoms. The number of carbonyl (C=O) groups excluding carboxylic acids is 2. The van der Waals surface area contributed by atoms with E-state index >= 15 is 0 Å². The zero-order valence-corrected chi connectivity index (χ0v) is 13.7. The summed E-state index contributed by atoms with van der Waals surface area (Å²) >= 11 is 5.72. The van der Waals surface area contributed by atoms with Gasteiger partial charge in [-0.05, 0) is 38.1 Å². The lowest BCUT2D eigenvalue weighted by Crippen LogP contribution is -2.51. The summed E-state index contributed by atoms with van der Waals surface area (Å²) < 4.78 is 13.2. The summed E-state index contributed by atoms with van der Waals surface area (Å²) in [5, 5.41) is 2.64. The third-order valence-electron chi connectivity index (χ3n) is 4.56. The van der Waals surface area contributed by atoms with E-state index in [0.717, 1.165) is 13.1 Å². The van der Waals surface area contributed by atoms with Gasteiger partial charge in [0.25, 0.3) is 0 Å². The predicted octanol–water partition coefficient (Wildman–Crippen LogP) is 1.97. The number of likely N-dealkylation sites (N-methyl/N-ethyl adjacent to an activating group) is 1. The molecule has 1 aliphatic heterocycles. The summed E-state index contributed by atoms with van der Waals surface area (Å²) in [6, 6.07) is 3.99. The molecule has 0 bridgehead atoms. The molecular formula is C16H19ClFN3O2. The van der Waals surface area contributed by atoms with Crippen LogP contribution in [0.25, 0.3) is 0 Å². The van der Waals surface area contributed by atoms with E-state index in [1.807, 2.05) is 7.05 Å². The van der Waals surface area contributed by atoms with E-state index in [4.69, 9.17) is 11.6 Å². The number of hydrogen-bond acceptors (Lipinski definition) is 3. The lowest BCUT2D eigenvalue weighted by molar-refractivity contribution is -0.143. The highest BCUT2D eigenvalue weighted by Gasteiger charge is 2.58. The van der Waals surface area contributed by atoms with Gasteiger partial charge in [-0.3, -0.25) is 9.59 Å². The largest absolute Gasteiger partial charge is 0.339 e. The van der Waals surface area contributed by atoms with Gasteiger partial charge in [0.1, 0.15) is 11.2 Å². The highest BCUT2D eigenvalue weighted by molar-refractivity contribution is 6.31. The lowest BCUT2D eigenvalue weighted by Gasteiger charge is -2.34. The van der Waals surface area contributed by atoms with E-state index in [0.29, 0.717) is 31.6 Å². The second kappa shape index (κ2) is 6.09. The van der Waals surface area contributed by atoms with Crippen molar-refractivity contribution < 1.29 is 14.0 Å². The number of nitrogens with one attached hydrogen (secondary N) is 1. The summed E-state index contributed by atoms with van der Waals surface area (Å²) in [7, 11) is 2.01.